The minimum absolute atomic E-state index is 0.0502. The third-order valence-corrected chi connectivity index (χ3v) is 6.53. The minimum Gasteiger partial charge on any atom is -0.504 e. The van der Waals surface area contributed by atoms with Gasteiger partial charge in [-0.2, -0.15) is 0 Å². The predicted octanol–water partition coefficient (Wildman–Crippen LogP) is 6.35. The van der Waals surface area contributed by atoms with Crippen molar-refractivity contribution in [1.82, 2.24) is 0 Å². The number of carbonyl (C=O) groups excluding carboxylic acids is 1. The van der Waals surface area contributed by atoms with Gasteiger partial charge in [-0.3, -0.25) is 4.79 Å². The monoisotopic (exact) mass is 402 g/mol. The third kappa shape index (κ3) is 2.89. The number of hydrogen-bond acceptors (Lipinski definition) is 5. The Labute approximate surface area is 171 Å². The van der Waals surface area contributed by atoms with Crippen molar-refractivity contribution >= 4 is 28.5 Å². The molecule has 0 bridgehead atoms. The summed E-state index contributed by atoms with van der Waals surface area (Å²) in [6, 6.07) is 18.7. The van der Waals surface area contributed by atoms with Crippen LogP contribution in [0.2, 0.25) is 0 Å². The van der Waals surface area contributed by atoms with Crippen LogP contribution in [0.1, 0.15) is 35.2 Å². The zero-order valence-corrected chi connectivity index (χ0v) is 16.5. The first-order chi connectivity index (χ1) is 14.0. The fourth-order valence-corrected chi connectivity index (χ4v) is 5.01. The number of Topliss-reactive ketones (excluding diaryl/α,β-unsaturated/α-hetero) is 1. The van der Waals surface area contributed by atoms with Crippen molar-refractivity contribution in [2.75, 3.05) is 0 Å². The Kier molecular flexibility index (Phi) is 4.14. The molecule has 144 valence electrons. The molecule has 1 aromatic heterocycles. The number of ketones is 1. The lowest BCUT2D eigenvalue weighted by atomic mass is 9.87. The number of rotatable bonds is 2. The Morgan fingerprint density at radius 2 is 1.76 bits per heavy atom. The van der Waals surface area contributed by atoms with Gasteiger partial charge in [-0.15, -0.1) is 0 Å². The van der Waals surface area contributed by atoms with E-state index in [0.717, 1.165) is 32.8 Å². The Morgan fingerprint density at radius 3 is 2.55 bits per heavy atom. The first-order valence-corrected chi connectivity index (χ1v) is 10.3. The van der Waals surface area contributed by atoms with E-state index in [4.69, 9.17) is 4.42 Å². The van der Waals surface area contributed by atoms with Gasteiger partial charge in [0, 0.05) is 32.2 Å². The molecule has 0 saturated heterocycles. The maximum atomic E-state index is 13.3. The van der Waals surface area contributed by atoms with Crippen molar-refractivity contribution in [1.29, 1.82) is 0 Å². The molecule has 5 heteroatoms. The molecule has 29 heavy (non-hydrogen) atoms. The second kappa shape index (κ2) is 6.71. The molecule has 0 aliphatic carbocycles. The van der Waals surface area contributed by atoms with Crippen molar-refractivity contribution < 1.29 is 19.4 Å². The highest BCUT2D eigenvalue weighted by molar-refractivity contribution is 7.99. The van der Waals surface area contributed by atoms with Gasteiger partial charge >= 0.3 is 0 Å². The zero-order valence-electron chi connectivity index (χ0n) is 15.7. The van der Waals surface area contributed by atoms with E-state index in [0.29, 0.717) is 16.9 Å². The van der Waals surface area contributed by atoms with Crippen LogP contribution < -0.4 is 0 Å². The summed E-state index contributed by atoms with van der Waals surface area (Å²) in [5.41, 5.74) is 3.13. The lowest BCUT2D eigenvalue weighted by Gasteiger charge is -2.15. The molecule has 0 spiro atoms. The number of fused-ring (bicyclic) bond motifs is 3. The van der Waals surface area contributed by atoms with Gasteiger partial charge in [-0.25, -0.2) is 0 Å². The molecule has 0 saturated carbocycles. The summed E-state index contributed by atoms with van der Waals surface area (Å²) in [5, 5.41) is 20.8. The lowest BCUT2D eigenvalue weighted by Crippen LogP contribution is -2.12. The molecule has 4 nitrogen and oxygen atoms in total. The van der Waals surface area contributed by atoms with Gasteiger partial charge in [0.15, 0.2) is 17.3 Å². The molecule has 5 rings (SSSR count). The molecule has 0 amide bonds. The Morgan fingerprint density at radius 1 is 0.966 bits per heavy atom. The molecule has 0 fully saturated rings. The van der Waals surface area contributed by atoms with E-state index in [1.165, 1.54) is 23.9 Å². The van der Waals surface area contributed by atoms with Crippen LogP contribution >= 0.6 is 11.8 Å². The van der Waals surface area contributed by atoms with Crippen molar-refractivity contribution in [3.63, 3.8) is 0 Å². The molecule has 1 aliphatic heterocycles. The molecule has 1 atom stereocenters. The number of phenolic OH excluding ortho intramolecular Hbond substituents is 2. The predicted molar refractivity (Wildman–Crippen MR) is 113 cm³/mol. The van der Waals surface area contributed by atoms with E-state index in [9.17, 15) is 15.0 Å². The van der Waals surface area contributed by atoms with Gasteiger partial charge in [0.25, 0.3) is 0 Å². The smallest absolute Gasteiger partial charge is 0.171 e. The molecule has 3 aromatic carbocycles. The van der Waals surface area contributed by atoms with Crippen LogP contribution in [0.15, 0.2) is 74.9 Å². The highest BCUT2D eigenvalue weighted by Crippen LogP contribution is 2.46. The van der Waals surface area contributed by atoms with Crippen LogP contribution in [-0.4, -0.2) is 16.0 Å². The number of furan rings is 1. The largest absolute Gasteiger partial charge is 0.504 e. The van der Waals surface area contributed by atoms with E-state index in [1.54, 1.807) is 0 Å². The Hall–Kier alpha value is -3.18. The average Bonchev–Trinajstić information content (AvgIpc) is 3.12. The summed E-state index contributed by atoms with van der Waals surface area (Å²) < 4.78 is 6.01. The third-order valence-electron chi connectivity index (χ3n) is 5.38. The highest BCUT2D eigenvalue weighted by atomic mass is 32.2. The van der Waals surface area contributed by atoms with Gasteiger partial charge in [-0.1, -0.05) is 43.0 Å². The maximum absolute atomic E-state index is 13.3. The van der Waals surface area contributed by atoms with E-state index in [1.807, 2.05) is 55.5 Å². The fraction of sp³-hybridized carbons (Fsp3) is 0.125. The molecular weight excluding hydrogens is 384 g/mol. The van der Waals surface area contributed by atoms with E-state index < -0.39 is 0 Å². The van der Waals surface area contributed by atoms with Crippen molar-refractivity contribution in [2.24, 2.45) is 0 Å². The molecule has 4 aromatic rings. The topological polar surface area (TPSA) is 70.7 Å². The minimum atomic E-state index is -0.327. The Bertz CT molecular complexity index is 1240. The number of phenols is 2. The second-order valence-electron chi connectivity index (χ2n) is 7.17. The average molecular weight is 402 g/mol. The van der Waals surface area contributed by atoms with Crippen LogP contribution in [0.3, 0.4) is 0 Å². The first kappa shape index (κ1) is 17.9. The second-order valence-corrected chi connectivity index (χ2v) is 8.25. The summed E-state index contributed by atoms with van der Waals surface area (Å²) in [7, 11) is 0. The summed E-state index contributed by atoms with van der Waals surface area (Å²) in [6.45, 7) is 1.98. The molecule has 1 unspecified atom stereocenters. The van der Waals surface area contributed by atoms with E-state index in [2.05, 4.69) is 0 Å². The lowest BCUT2D eigenvalue weighted by molar-refractivity contribution is 0.0953. The SMILES string of the molecule is CCC1C(=O)c2cc(O)c(O)cc2Sc2ccc(-c3cc4ccccc4o3)cc21. The van der Waals surface area contributed by atoms with Crippen LogP contribution in [0.25, 0.3) is 22.3 Å². The molecule has 0 radical (unpaired) electrons. The molecule has 2 N–H and O–H groups in total. The number of hydrogen-bond donors (Lipinski definition) is 2. The van der Waals surface area contributed by atoms with Gasteiger partial charge in [0.1, 0.15) is 11.3 Å². The van der Waals surface area contributed by atoms with Crippen molar-refractivity contribution in [3.05, 3.63) is 71.8 Å². The van der Waals surface area contributed by atoms with Crippen LogP contribution in [0.5, 0.6) is 11.5 Å². The highest BCUT2D eigenvalue weighted by Gasteiger charge is 2.30. The standard InChI is InChI=1S/C24H18O4S/c1-2-15-16-9-14(21-10-13-5-3-4-6-20(13)28-21)7-8-22(16)29-23-12-19(26)18(25)11-17(23)24(15)27/h3-12,15,25-26H,2H2,1H3. The summed E-state index contributed by atoms with van der Waals surface area (Å²) in [4.78, 5) is 14.9. The van der Waals surface area contributed by atoms with Crippen LogP contribution in [0.4, 0.5) is 0 Å². The number of aromatic hydroxyl groups is 2. The van der Waals surface area contributed by atoms with Crippen LogP contribution in [0, 0.1) is 0 Å². The fourth-order valence-electron chi connectivity index (χ4n) is 3.88. The molecule has 1 aliphatic rings. The first-order valence-electron chi connectivity index (χ1n) is 9.46. The van der Waals surface area contributed by atoms with Crippen LogP contribution in [-0.2, 0) is 0 Å². The zero-order chi connectivity index (χ0) is 20.1. The summed E-state index contributed by atoms with van der Waals surface area (Å²) in [5.74, 6) is -0.114. The summed E-state index contributed by atoms with van der Waals surface area (Å²) in [6.07, 6.45) is 0.636. The molecule has 2 heterocycles. The normalized spacial score (nSPS) is 15.8. The Balaban J connectivity index is 1.66. The summed E-state index contributed by atoms with van der Waals surface area (Å²) >= 11 is 1.44. The van der Waals surface area contributed by atoms with Crippen molar-refractivity contribution in [2.45, 2.75) is 29.1 Å². The quantitative estimate of drug-likeness (QED) is 0.382. The van der Waals surface area contributed by atoms with E-state index >= 15 is 0 Å². The van der Waals surface area contributed by atoms with Gasteiger partial charge in [0.05, 0.1) is 0 Å². The maximum Gasteiger partial charge on any atom is 0.171 e. The van der Waals surface area contributed by atoms with Gasteiger partial charge < -0.3 is 14.6 Å². The molecular formula is C24H18O4S. The number of para-hydroxylation sites is 1. The number of carbonyl (C=O) groups is 1. The van der Waals surface area contributed by atoms with Crippen molar-refractivity contribution in [3.8, 4) is 22.8 Å². The van der Waals surface area contributed by atoms with Gasteiger partial charge in [0.2, 0.25) is 0 Å². The van der Waals surface area contributed by atoms with Gasteiger partial charge in [-0.05, 0) is 48.4 Å². The van der Waals surface area contributed by atoms with E-state index in [-0.39, 0.29) is 23.2 Å². The number of benzene rings is 3.